The number of rotatable bonds is 2. The number of aryl methyl sites for hydroxylation is 2. The molecule has 0 heterocycles. The molecule has 0 aromatic heterocycles. The van der Waals surface area contributed by atoms with Gasteiger partial charge in [0.2, 0.25) is 0 Å². The quantitative estimate of drug-likeness (QED) is 0.640. The van der Waals surface area contributed by atoms with E-state index in [1.54, 1.807) is 0 Å². The third-order valence-electron chi connectivity index (χ3n) is 3.76. The van der Waals surface area contributed by atoms with Gasteiger partial charge in [-0.1, -0.05) is 30.9 Å². The maximum Gasteiger partial charge on any atom is 0.0280 e. The highest BCUT2D eigenvalue weighted by Gasteiger charge is 2.15. The lowest BCUT2D eigenvalue weighted by Crippen LogP contribution is -1.98. The number of hydrogen-bond acceptors (Lipinski definition) is 0. The van der Waals surface area contributed by atoms with Gasteiger partial charge in [-0.3, -0.25) is 0 Å². The summed E-state index contributed by atoms with van der Waals surface area (Å²) in [6.07, 6.45) is 5.47. The second kappa shape index (κ2) is 6.31. The van der Waals surface area contributed by atoms with Crippen LogP contribution in [0.4, 0.5) is 0 Å². The molecule has 0 amide bonds. The average Bonchev–Trinajstić information content (AvgIpc) is 2.52. The van der Waals surface area contributed by atoms with Crippen molar-refractivity contribution in [3.05, 3.63) is 39.4 Å². The molecule has 0 fully saturated rings. The summed E-state index contributed by atoms with van der Waals surface area (Å²) in [7, 11) is 0. The molecule has 100 valence electrons. The summed E-state index contributed by atoms with van der Waals surface area (Å²) < 4.78 is 0. The second-order valence-electron chi connectivity index (χ2n) is 5.17. The summed E-state index contributed by atoms with van der Waals surface area (Å²) >= 11 is 6.38. The predicted molar refractivity (Wildman–Crippen MR) is 84.4 cm³/mol. The summed E-state index contributed by atoms with van der Waals surface area (Å²) in [4.78, 5) is 0. The Hall–Kier alpha value is -1.19. The molecule has 0 radical (unpaired) electrons. The number of halogens is 1. The normalized spacial score (nSPS) is 14.5. The molecule has 0 bridgehead atoms. The topological polar surface area (TPSA) is 0 Å². The summed E-state index contributed by atoms with van der Waals surface area (Å²) in [6, 6.07) is 4.61. The van der Waals surface area contributed by atoms with Gasteiger partial charge in [0.25, 0.3) is 0 Å². The van der Waals surface area contributed by atoms with Crippen molar-refractivity contribution in [2.75, 3.05) is 0 Å². The van der Waals surface area contributed by atoms with Crippen LogP contribution in [-0.4, -0.2) is 0 Å². The molecule has 1 aromatic carbocycles. The van der Waals surface area contributed by atoms with E-state index in [4.69, 9.17) is 11.6 Å². The molecule has 2 rings (SSSR count). The van der Waals surface area contributed by atoms with Crippen molar-refractivity contribution in [2.24, 2.45) is 0 Å². The van der Waals surface area contributed by atoms with Crippen LogP contribution in [0.15, 0.2) is 17.2 Å². The zero-order chi connectivity index (χ0) is 13.8. The Morgan fingerprint density at radius 2 is 2.05 bits per heavy atom. The smallest absolute Gasteiger partial charge is 0.0280 e. The van der Waals surface area contributed by atoms with Crippen molar-refractivity contribution in [3.8, 4) is 11.8 Å². The van der Waals surface area contributed by atoms with E-state index in [0.29, 0.717) is 0 Å². The van der Waals surface area contributed by atoms with Crippen LogP contribution in [0.3, 0.4) is 0 Å². The van der Waals surface area contributed by atoms with E-state index in [1.165, 1.54) is 27.8 Å². The highest BCUT2D eigenvalue weighted by Crippen LogP contribution is 2.33. The minimum atomic E-state index is 1.000. The summed E-state index contributed by atoms with van der Waals surface area (Å²) in [5.74, 6) is 6.30. The number of benzene rings is 1. The molecular formula is C18H21Cl. The lowest BCUT2D eigenvalue weighted by Gasteiger charge is -2.13. The first-order valence-corrected chi connectivity index (χ1v) is 7.49. The van der Waals surface area contributed by atoms with Gasteiger partial charge >= 0.3 is 0 Å². The Kier molecular flexibility index (Phi) is 4.72. The van der Waals surface area contributed by atoms with Crippen molar-refractivity contribution in [3.63, 3.8) is 0 Å². The van der Waals surface area contributed by atoms with Crippen molar-refractivity contribution >= 4 is 17.2 Å². The highest BCUT2D eigenvalue weighted by molar-refractivity contribution is 6.32. The third-order valence-corrected chi connectivity index (χ3v) is 4.23. The molecule has 0 unspecified atom stereocenters. The lowest BCUT2D eigenvalue weighted by molar-refractivity contribution is 0.841. The van der Waals surface area contributed by atoms with Gasteiger partial charge in [-0.15, -0.1) is 5.92 Å². The fourth-order valence-electron chi connectivity index (χ4n) is 2.74. The van der Waals surface area contributed by atoms with E-state index in [1.807, 2.05) is 6.92 Å². The van der Waals surface area contributed by atoms with Crippen LogP contribution in [-0.2, 0) is 12.8 Å². The van der Waals surface area contributed by atoms with Gasteiger partial charge in [-0.2, -0.15) is 0 Å². The minimum Gasteiger partial charge on any atom is -0.101 e. The molecule has 1 heteroatoms. The van der Waals surface area contributed by atoms with Gasteiger partial charge in [0.15, 0.2) is 0 Å². The standard InChI is InChI=1S/C18H21Cl/c1-4-7-14-11-16-9-6-10-18(19)13(3)17(16)12-15(14)8-5-2/h11-12H,5-6,8-10H2,1-3H3. The number of allylic oxidation sites excluding steroid dienone is 2. The molecule has 1 aromatic rings. The zero-order valence-electron chi connectivity index (χ0n) is 12.1. The van der Waals surface area contributed by atoms with E-state index in [0.717, 1.165) is 37.1 Å². The van der Waals surface area contributed by atoms with Crippen LogP contribution in [0.1, 0.15) is 62.3 Å². The SMILES string of the molecule is CC#Cc1cc2c(cc1CCC)C(C)=C(Cl)CCC2. The molecule has 1 aliphatic rings. The fraction of sp³-hybridized carbons (Fsp3) is 0.444. The summed E-state index contributed by atoms with van der Waals surface area (Å²) in [5.41, 5.74) is 6.57. The largest absolute Gasteiger partial charge is 0.101 e. The van der Waals surface area contributed by atoms with E-state index in [9.17, 15) is 0 Å². The second-order valence-corrected chi connectivity index (χ2v) is 5.63. The predicted octanol–water partition coefficient (Wildman–Crippen LogP) is 5.32. The van der Waals surface area contributed by atoms with Gasteiger partial charge in [0.05, 0.1) is 0 Å². The van der Waals surface area contributed by atoms with E-state index in [2.05, 4.69) is 37.8 Å². The third kappa shape index (κ3) is 3.04. The Bertz CT molecular complexity index is 567. The Morgan fingerprint density at radius 1 is 1.26 bits per heavy atom. The van der Waals surface area contributed by atoms with Crippen LogP contribution < -0.4 is 0 Å². The Labute approximate surface area is 121 Å². The molecule has 0 saturated heterocycles. The zero-order valence-corrected chi connectivity index (χ0v) is 12.8. The van der Waals surface area contributed by atoms with Crippen LogP contribution in [0.25, 0.3) is 5.57 Å². The molecule has 19 heavy (non-hydrogen) atoms. The average molecular weight is 273 g/mol. The van der Waals surface area contributed by atoms with Crippen molar-refractivity contribution in [2.45, 2.75) is 52.9 Å². The fourth-order valence-corrected chi connectivity index (χ4v) is 2.98. The molecular weight excluding hydrogens is 252 g/mol. The summed E-state index contributed by atoms with van der Waals surface area (Å²) in [5, 5.41) is 1.02. The Morgan fingerprint density at radius 3 is 2.74 bits per heavy atom. The lowest BCUT2D eigenvalue weighted by atomic mass is 9.92. The first kappa shape index (κ1) is 14.2. The molecule has 0 spiro atoms. The van der Waals surface area contributed by atoms with Gasteiger partial charge in [0.1, 0.15) is 0 Å². The summed E-state index contributed by atoms with van der Waals surface area (Å²) in [6.45, 7) is 6.27. The van der Waals surface area contributed by atoms with Crippen molar-refractivity contribution < 1.29 is 0 Å². The Balaban J connectivity index is 2.60. The van der Waals surface area contributed by atoms with E-state index in [-0.39, 0.29) is 0 Å². The first-order valence-electron chi connectivity index (χ1n) is 7.11. The van der Waals surface area contributed by atoms with Crippen LogP contribution in [0.5, 0.6) is 0 Å². The molecule has 0 saturated carbocycles. The molecule has 0 N–H and O–H groups in total. The molecule has 0 nitrogen and oxygen atoms in total. The molecule has 0 aliphatic heterocycles. The first-order chi connectivity index (χ1) is 9.17. The van der Waals surface area contributed by atoms with Crippen molar-refractivity contribution in [1.82, 2.24) is 0 Å². The number of fused-ring (bicyclic) bond motifs is 1. The van der Waals surface area contributed by atoms with Gasteiger partial charge in [-0.25, -0.2) is 0 Å². The van der Waals surface area contributed by atoms with E-state index < -0.39 is 0 Å². The molecule has 1 aliphatic carbocycles. The van der Waals surface area contributed by atoms with Gasteiger partial charge < -0.3 is 0 Å². The van der Waals surface area contributed by atoms with Gasteiger partial charge in [0, 0.05) is 10.6 Å². The monoisotopic (exact) mass is 272 g/mol. The molecule has 0 atom stereocenters. The van der Waals surface area contributed by atoms with Crippen LogP contribution in [0, 0.1) is 11.8 Å². The maximum absolute atomic E-state index is 6.38. The van der Waals surface area contributed by atoms with Crippen LogP contribution in [0.2, 0.25) is 0 Å². The highest BCUT2D eigenvalue weighted by atomic mass is 35.5. The van der Waals surface area contributed by atoms with Gasteiger partial charge in [-0.05, 0) is 73.9 Å². The number of hydrogen-bond donors (Lipinski definition) is 0. The van der Waals surface area contributed by atoms with E-state index >= 15 is 0 Å². The van der Waals surface area contributed by atoms with Crippen LogP contribution >= 0.6 is 11.6 Å². The minimum absolute atomic E-state index is 1.000. The van der Waals surface area contributed by atoms with Crippen molar-refractivity contribution in [1.29, 1.82) is 0 Å². The maximum atomic E-state index is 6.38.